The minimum Gasteiger partial charge on any atom is -0.382 e. The van der Waals surface area contributed by atoms with Crippen LogP contribution in [0.15, 0.2) is 0 Å². The number of rotatable bonds is 6. The summed E-state index contributed by atoms with van der Waals surface area (Å²) in [6.45, 7) is -0.288. The molecule has 0 aromatic carbocycles. The monoisotopic (exact) mass is 203 g/mol. The maximum absolute atomic E-state index is 11.7. The fraction of sp³-hybridized carbons (Fsp3) is 1.00. The van der Waals surface area contributed by atoms with Crippen LogP contribution in [0.2, 0.25) is 0 Å². The fourth-order valence-corrected chi connectivity index (χ4v) is 0.451. The van der Waals surface area contributed by atoms with Crippen molar-refractivity contribution in [3.05, 3.63) is 0 Å². The van der Waals surface area contributed by atoms with Gasteiger partial charge in [-0.25, -0.2) is 0 Å². The van der Waals surface area contributed by atoms with Crippen LogP contribution in [0, 0.1) is 0 Å². The van der Waals surface area contributed by atoms with Crippen molar-refractivity contribution in [1.82, 2.24) is 5.48 Å². The van der Waals surface area contributed by atoms with E-state index in [1.165, 1.54) is 7.11 Å². The van der Waals surface area contributed by atoms with Crippen molar-refractivity contribution in [1.29, 1.82) is 0 Å². The smallest absolute Gasteiger partial charge is 0.382 e. The molecule has 0 aromatic heterocycles. The molecule has 13 heavy (non-hydrogen) atoms. The Kier molecular flexibility index (Phi) is 5.97. The van der Waals surface area contributed by atoms with Crippen molar-refractivity contribution in [3.8, 4) is 0 Å². The first kappa shape index (κ1) is 12.6. The predicted molar refractivity (Wildman–Crippen MR) is 37.9 cm³/mol. The average molecular weight is 203 g/mol. The summed E-state index contributed by atoms with van der Waals surface area (Å²) in [6, 6.07) is 0. The molecule has 1 unspecified atom stereocenters. The molecule has 0 aliphatic carbocycles. The van der Waals surface area contributed by atoms with E-state index in [0.29, 0.717) is 0 Å². The Morgan fingerprint density at radius 2 is 2.00 bits per heavy atom. The molecule has 0 saturated carbocycles. The molecule has 0 rings (SSSR count). The number of aliphatic hydroxyl groups excluding tert-OH is 1. The third kappa shape index (κ3) is 6.76. The van der Waals surface area contributed by atoms with Gasteiger partial charge in [0.15, 0.2) is 6.10 Å². The summed E-state index contributed by atoms with van der Waals surface area (Å²) < 4.78 is 39.5. The van der Waals surface area contributed by atoms with Crippen LogP contribution in [-0.2, 0) is 9.57 Å². The molecule has 0 fully saturated rings. The van der Waals surface area contributed by atoms with Gasteiger partial charge in [0.1, 0.15) is 0 Å². The van der Waals surface area contributed by atoms with Crippen LogP contribution in [0.4, 0.5) is 13.2 Å². The molecule has 0 aromatic rings. The second kappa shape index (κ2) is 6.14. The van der Waals surface area contributed by atoms with Gasteiger partial charge in [-0.15, -0.1) is 0 Å². The number of methoxy groups -OCH3 is 1. The van der Waals surface area contributed by atoms with Gasteiger partial charge in [-0.2, -0.15) is 18.7 Å². The molecule has 0 amide bonds. The number of aliphatic hydroxyl groups is 1. The minimum absolute atomic E-state index is 0.126. The van der Waals surface area contributed by atoms with Gasteiger partial charge in [-0.1, -0.05) is 0 Å². The predicted octanol–water partition coefficient (Wildman–Crippen LogP) is 0.0772. The van der Waals surface area contributed by atoms with Crippen molar-refractivity contribution >= 4 is 0 Å². The fourth-order valence-electron chi connectivity index (χ4n) is 0.451. The summed E-state index contributed by atoms with van der Waals surface area (Å²) in [5.74, 6) is 0. The molecule has 7 heteroatoms. The van der Waals surface area contributed by atoms with Crippen molar-refractivity contribution in [2.45, 2.75) is 12.3 Å². The van der Waals surface area contributed by atoms with E-state index in [1.807, 2.05) is 5.48 Å². The first-order chi connectivity index (χ1) is 5.98. The van der Waals surface area contributed by atoms with E-state index in [1.54, 1.807) is 0 Å². The van der Waals surface area contributed by atoms with Crippen molar-refractivity contribution < 1.29 is 27.9 Å². The van der Waals surface area contributed by atoms with Crippen LogP contribution in [0.5, 0.6) is 0 Å². The summed E-state index contributed by atoms with van der Waals surface area (Å²) in [7, 11) is 1.44. The van der Waals surface area contributed by atoms with Crippen LogP contribution < -0.4 is 5.48 Å². The molecule has 0 saturated heterocycles. The Morgan fingerprint density at radius 3 is 2.46 bits per heavy atom. The van der Waals surface area contributed by atoms with Gasteiger partial charge < -0.3 is 9.84 Å². The molecule has 0 aliphatic rings. The third-order valence-corrected chi connectivity index (χ3v) is 1.15. The van der Waals surface area contributed by atoms with Crippen LogP contribution in [-0.4, -0.2) is 44.3 Å². The Morgan fingerprint density at radius 1 is 1.38 bits per heavy atom. The topological polar surface area (TPSA) is 50.7 Å². The van der Waals surface area contributed by atoms with Gasteiger partial charge in [-0.05, 0) is 0 Å². The summed E-state index contributed by atoms with van der Waals surface area (Å²) in [6.07, 6.45) is -7.02. The van der Waals surface area contributed by atoms with Crippen LogP contribution >= 0.6 is 0 Å². The normalized spacial score (nSPS) is 14.5. The number of hydroxylamine groups is 1. The van der Waals surface area contributed by atoms with E-state index in [0.717, 1.165) is 0 Å². The highest BCUT2D eigenvalue weighted by Gasteiger charge is 2.37. The number of ether oxygens (including phenoxy) is 1. The molecule has 0 aliphatic heterocycles. The molecule has 2 N–H and O–H groups in total. The lowest BCUT2D eigenvalue weighted by Gasteiger charge is -2.14. The van der Waals surface area contributed by atoms with Gasteiger partial charge in [0.2, 0.25) is 0 Å². The zero-order chi connectivity index (χ0) is 10.3. The first-order valence-corrected chi connectivity index (χ1v) is 3.57. The van der Waals surface area contributed by atoms with Crippen LogP contribution in [0.25, 0.3) is 0 Å². The van der Waals surface area contributed by atoms with E-state index in [4.69, 9.17) is 5.11 Å². The zero-order valence-electron chi connectivity index (χ0n) is 7.10. The van der Waals surface area contributed by atoms with Crippen molar-refractivity contribution in [3.63, 3.8) is 0 Å². The Bertz CT molecular complexity index is 131. The van der Waals surface area contributed by atoms with Crippen molar-refractivity contribution in [2.24, 2.45) is 0 Å². The lowest BCUT2D eigenvalue weighted by Crippen LogP contribution is -2.38. The third-order valence-electron chi connectivity index (χ3n) is 1.15. The molecule has 0 spiro atoms. The Hall–Kier alpha value is -0.370. The molecule has 4 nitrogen and oxygen atoms in total. The summed E-state index contributed by atoms with van der Waals surface area (Å²) in [5, 5.41) is 8.44. The van der Waals surface area contributed by atoms with Gasteiger partial charge >= 0.3 is 6.18 Å². The van der Waals surface area contributed by atoms with E-state index in [2.05, 4.69) is 9.57 Å². The number of halogens is 3. The molecule has 0 heterocycles. The van der Waals surface area contributed by atoms with Gasteiger partial charge in [-0.3, -0.25) is 4.84 Å². The van der Waals surface area contributed by atoms with Gasteiger partial charge in [0, 0.05) is 7.11 Å². The molecular formula is C6H12F3NO3. The van der Waals surface area contributed by atoms with E-state index in [-0.39, 0.29) is 13.2 Å². The van der Waals surface area contributed by atoms with Gasteiger partial charge in [0.25, 0.3) is 0 Å². The maximum Gasteiger partial charge on any atom is 0.415 e. The highest BCUT2D eigenvalue weighted by molar-refractivity contribution is 4.65. The lowest BCUT2D eigenvalue weighted by atomic mass is 10.3. The maximum atomic E-state index is 11.7. The highest BCUT2D eigenvalue weighted by atomic mass is 19.4. The molecule has 1 atom stereocenters. The number of hydrogen-bond acceptors (Lipinski definition) is 4. The second-order valence-corrected chi connectivity index (χ2v) is 2.25. The van der Waals surface area contributed by atoms with E-state index >= 15 is 0 Å². The van der Waals surface area contributed by atoms with Crippen LogP contribution in [0.1, 0.15) is 0 Å². The second-order valence-electron chi connectivity index (χ2n) is 2.25. The van der Waals surface area contributed by atoms with Crippen LogP contribution in [0.3, 0.4) is 0 Å². The first-order valence-electron chi connectivity index (χ1n) is 3.57. The molecule has 0 radical (unpaired) electrons. The SMILES string of the molecule is COCCONCC(O)C(F)(F)F. The summed E-state index contributed by atoms with van der Waals surface area (Å²) in [5.41, 5.74) is 1.98. The quantitative estimate of drug-likeness (QED) is 0.474. The molecular weight excluding hydrogens is 191 g/mol. The summed E-state index contributed by atoms with van der Waals surface area (Å²) >= 11 is 0. The van der Waals surface area contributed by atoms with E-state index in [9.17, 15) is 13.2 Å². The highest BCUT2D eigenvalue weighted by Crippen LogP contribution is 2.18. The average Bonchev–Trinajstić information content (AvgIpc) is 2.02. The Balaban J connectivity index is 3.32. The zero-order valence-corrected chi connectivity index (χ0v) is 7.10. The largest absolute Gasteiger partial charge is 0.415 e. The molecule has 0 bridgehead atoms. The Labute approximate surface area is 73.6 Å². The summed E-state index contributed by atoms with van der Waals surface area (Å²) in [4.78, 5) is 4.50. The van der Waals surface area contributed by atoms with Gasteiger partial charge in [0.05, 0.1) is 19.8 Å². The van der Waals surface area contributed by atoms with Crippen molar-refractivity contribution in [2.75, 3.05) is 26.9 Å². The number of alkyl halides is 3. The standard InChI is InChI=1S/C6H12F3NO3/c1-12-2-3-13-10-4-5(11)6(7,8)9/h5,10-11H,2-4H2,1H3. The minimum atomic E-state index is -4.61. The molecule has 80 valence electrons. The number of nitrogens with one attached hydrogen (secondary N) is 1. The number of hydrogen-bond donors (Lipinski definition) is 2. The van der Waals surface area contributed by atoms with E-state index < -0.39 is 18.8 Å². The lowest BCUT2D eigenvalue weighted by molar-refractivity contribution is -0.208.